The molecule has 172 valence electrons. The van der Waals surface area contributed by atoms with Crippen molar-refractivity contribution in [2.24, 2.45) is 0 Å². The Hall–Kier alpha value is -3.86. The Kier molecular flexibility index (Phi) is 7.34. The third-order valence-electron chi connectivity index (χ3n) is 4.97. The number of thioether (sulfide) groups is 1. The van der Waals surface area contributed by atoms with Gasteiger partial charge < -0.3 is 14.8 Å². The molecule has 10 nitrogen and oxygen atoms in total. The third kappa shape index (κ3) is 5.32. The Balaban J connectivity index is 2.03. The summed E-state index contributed by atoms with van der Waals surface area (Å²) in [4.78, 5) is 34.7. The van der Waals surface area contributed by atoms with Gasteiger partial charge in [0, 0.05) is 22.8 Å². The number of dihydropyridines is 1. The largest absolute Gasteiger partial charge is 0.513 e. The minimum absolute atomic E-state index is 0.0127. The number of rotatable bonds is 7. The lowest BCUT2D eigenvalue weighted by atomic mass is 9.89. The summed E-state index contributed by atoms with van der Waals surface area (Å²) in [6.45, 7) is 3.24. The van der Waals surface area contributed by atoms with Crippen molar-refractivity contribution in [3.05, 3.63) is 103 Å². The fourth-order valence-electron chi connectivity index (χ4n) is 3.53. The molecule has 1 atom stereocenters. The van der Waals surface area contributed by atoms with Crippen LogP contribution in [-0.2, 0) is 15.2 Å². The van der Waals surface area contributed by atoms with E-state index in [0.717, 1.165) is 12.7 Å². The third-order valence-corrected chi connectivity index (χ3v) is 6.13. The Bertz CT molecular complexity index is 1180. The number of ether oxygens (including phenoxy) is 2. The van der Waals surface area contributed by atoms with Gasteiger partial charge in [-0.1, -0.05) is 30.3 Å². The van der Waals surface area contributed by atoms with E-state index in [9.17, 15) is 25.0 Å². The van der Waals surface area contributed by atoms with Crippen molar-refractivity contribution < 1.29 is 24.1 Å². The Morgan fingerprint density at radius 2 is 1.79 bits per heavy atom. The van der Waals surface area contributed by atoms with Crippen LogP contribution in [0, 0.1) is 20.2 Å². The van der Waals surface area contributed by atoms with Gasteiger partial charge >= 0.3 is 6.16 Å². The maximum atomic E-state index is 12.0. The van der Waals surface area contributed by atoms with Crippen molar-refractivity contribution >= 4 is 23.6 Å². The van der Waals surface area contributed by atoms with Crippen LogP contribution < -0.4 is 5.32 Å². The average Bonchev–Trinajstić information content (AvgIpc) is 2.79. The van der Waals surface area contributed by atoms with Crippen molar-refractivity contribution in [1.82, 2.24) is 5.32 Å². The van der Waals surface area contributed by atoms with Gasteiger partial charge in [-0.25, -0.2) is 4.79 Å². The summed E-state index contributed by atoms with van der Waals surface area (Å²) < 4.78 is 9.95. The van der Waals surface area contributed by atoms with Crippen LogP contribution >= 0.6 is 11.8 Å². The van der Waals surface area contributed by atoms with Gasteiger partial charge in [0.05, 0.1) is 28.4 Å². The second kappa shape index (κ2) is 10.2. The summed E-state index contributed by atoms with van der Waals surface area (Å²) >= 11 is 1.37. The monoisotopic (exact) mass is 471 g/mol. The van der Waals surface area contributed by atoms with Crippen LogP contribution in [0.1, 0.15) is 30.9 Å². The SMILES string of the molecule is COC(=O)OC1=C(C)NC(C)=C([N+](=O)[O-])C1c1ccccc1SCc1cccc([N+](=O)[O-])c1. The second-order valence-corrected chi connectivity index (χ2v) is 8.14. The van der Waals surface area contributed by atoms with E-state index in [1.54, 1.807) is 50.2 Å². The number of non-ortho nitro benzene ring substituents is 1. The highest BCUT2D eigenvalue weighted by atomic mass is 32.2. The van der Waals surface area contributed by atoms with Crippen LogP contribution in [0.25, 0.3) is 0 Å². The first kappa shape index (κ1) is 23.8. The molecule has 1 heterocycles. The summed E-state index contributed by atoms with van der Waals surface area (Å²) in [6, 6.07) is 13.4. The Labute approximate surface area is 193 Å². The molecule has 0 spiro atoms. The highest BCUT2D eigenvalue weighted by molar-refractivity contribution is 7.98. The zero-order valence-corrected chi connectivity index (χ0v) is 18.9. The zero-order valence-electron chi connectivity index (χ0n) is 18.1. The predicted octanol–water partition coefficient (Wildman–Crippen LogP) is 5.10. The smallest absolute Gasteiger partial charge is 0.437 e. The number of allylic oxidation sites excluding steroid dienone is 2. The van der Waals surface area contributed by atoms with E-state index in [-0.39, 0.29) is 17.1 Å². The number of hydrogen-bond acceptors (Lipinski definition) is 9. The van der Waals surface area contributed by atoms with Crippen LogP contribution in [0.5, 0.6) is 0 Å². The van der Waals surface area contributed by atoms with Gasteiger partial charge in [0.15, 0.2) is 0 Å². The first-order valence-corrected chi connectivity index (χ1v) is 10.7. The molecule has 0 fully saturated rings. The van der Waals surface area contributed by atoms with E-state index in [2.05, 4.69) is 10.1 Å². The summed E-state index contributed by atoms with van der Waals surface area (Å²) in [6.07, 6.45) is -0.986. The van der Waals surface area contributed by atoms with Gasteiger partial charge in [-0.15, -0.1) is 11.8 Å². The molecule has 0 aliphatic carbocycles. The molecule has 1 N–H and O–H groups in total. The molecule has 0 bridgehead atoms. The van der Waals surface area contributed by atoms with Crippen LogP contribution in [-0.4, -0.2) is 23.1 Å². The van der Waals surface area contributed by atoms with Crippen LogP contribution in [0.3, 0.4) is 0 Å². The van der Waals surface area contributed by atoms with E-state index >= 15 is 0 Å². The molecule has 0 aromatic heterocycles. The molecule has 0 saturated carbocycles. The van der Waals surface area contributed by atoms with Gasteiger partial charge in [-0.2, -0.15) is 0 Å². The van der Waals surface area contributed by atoms with E-state index in [0.29, 0.717) is 27.6 Å². The molecular formula is C22H21N3O7S. The van der Waals surface area contributed by atoms with Gasteiger partial charge in [0.2, 0.25) is 0 Å². The number of nitro benzene ring substituents is 1. The first-order valence-electron chi connectivity index (χ1n) is 9.76. The van der Waals surface area contributed by atoms with Gasteiger partial charge in [0.25, 0.3) is 11.4 Å². The molecule has 11 heteroatoms. The number of benzene rings is 2. The predicted molar refractivity (Wildman–Crippen MR) is 121 cm³/mol. The normalized spacial score (nSPS) is 15.7. The lowest BCUT2D eigenvalue weighted by Gasteiger charge is -2.27. The zero-order chi connectivity index (χ0) is 24.1. The number of methoxy groups -OCH3 is 1. The fourth-order valence-corrected chi connectivity index (χ4v) is 4.56. The molecule has 1 aliphatic rings. The maximum Gasteiger partial charge on any atom is 0.513 e. The number of carbonyl (C=O) groups is 1. The number of nitrogens with one attached hydrogen (secondary N) is 1. The van der Waals surface area contributed by atoms with Gasteiger partial charge in [-0.05, 0) is 31.0 Å². The Morgan fingerprint density at radius 1 is 1.06 bits per heavy atom. The van der Waals surface area contributed by atoms with Crippen LogP contribution in [0.15, 0.2) is 76.3 Å². The summed E-state index contributed by atoms with van der Waals surface area (Å²) in [7, 11) is 1.15. The highest BCUT2D eigenvalue weighted by Gasteiger charge is 2.40. The van der Waals surface area contributed by atoms with E-state index in [4.69, 9.17) is 4.74 Å². The van der Waals surface area contributed by atoms with Crippen molar-refractivity contribution in [3.63, 3.8) is 0 Å². The number of nitro groups is 2. The lowest BCUT2D eigenvalue weighted by Crippen LogP contribution is -2.30. The molecular weight excluding hydrogens is 450 g/mol. The molecule has 33 heavy (non-hydrogen) atoms. The molecule has 2 aromatic carbocycles. The maximum absolute atomic E-state index is 12.0. The van der Waals surface area contributed by atoms with E-state index in [1.807, 2.05) is 0 Å². The minimum Gasteiger partial charge on any atom is -0.437 e. The van der Waals surface area contributed by atoms with Crippen molar-refractivity contribution in [2.45, 2.75) is 30.4 Å². The average molecular weight is 471 g/mol. The number of nitrogens with zero attached hydrogens (tertiary/aromatic N) is 2. The molecule has 0 amide bonds. The molecule has 0 radical (unpaired) electrons. The highest BCUT2D eigenvalue weighted by Crippen LogP contribution is 2.43. The van der Waals surface area contributed by atoms with Gasteiger partial charge in [0.1, 0.15) is 11.7 Å². The van der Waals surface area contributed by atoms with Crippen LogP contribution in [0.2, 0.25) is 0 Å². The Morgan fingerprint density at radius 3 is 2.45 bits per heavy atom. The van der Waals surface area contributed by atoms with Crippen molar-refractivity contribution in [2.75, 3.05) is 7.11 Å². The van der Waals surface area contributed by atoms with Crippen molar-refractivity contribution in [1.29, 1.82) is 0 Å². The lowest BCUT2D eigenvalue weighted by molar-refractivity contribution is -0.431. The molecule has 1 aliphatic heterocycles. The summed E-state index contributed by atoms with van der Waals surface area (Å²) in [5, 5.41) is 26.0. The van der Waals surface area contributed by atoms with Crippen molar-refractivity contribution in [3.8, 4) is 0 Å². The summed E-state index contributed by atoms with van der Waals surface area (Å²) in [5.41, 5.74) is 1.92. The van der Waals surface area contributed by atoms with Crippen LogP contribution in [0.4, 0.5) is 10.5 Å². The molecule has 1 unspecified atom stereocenters. The summed E-state index contributed by atoms with van der Waals surface area (Å²) in [5.74, 6) is -0.493. The quantitative estimate of drug-likeness (QED) is 0.253. The van der Waals surface area contributed by atoms with Gasteiger partial charge in [-0.3, -0.25) is 20.2 Å². The number of hydrogen-bond donors (Lipinski definition) is 1. The topological polar surface area (TPSA) is 134 Å². The molecule has 0 saturated heterocycles. The van der Waals surface area contributed by atoms with E-state index < -0.39 is 21.9 Å². The molecule has 3 rings (SSSR count). The molecule has 2 aromatic rings. The second-order valence-electron chi connectivity index (χ2n) is 7.12. The fraction of sp³-hybridized carbons (Fsp3) is 0.227. The standard InChI is InChI=1S/C22H21N3O7S/c1-13-20(25(29)30)19(21(14(2)23-13)32-22(26)31-3)17-9-4-5-10-18(17)33-12-15-7-6-8-16(11-15)24(27)28/h4-11,19,23H,12H2,1-3H3. The minimum atomic E-state index is -0.986. The van der Waals surface area contributed by atoms with E-state index in [1.165, 1.54) is 23.9 Å². The number of carbonyl (C=O) groups excluding carboxylic acids is 1. The first-order chi connectivity index (χ1) is 15.7.